The lowest BCUT2D eigenvalue weighted by Crippen LogP contribution is -2.15. The molecule has 0 fully saturated rings. The molecular weight excluding hydrogens is 463 g/mol. The molecule has 3 rings (SSSR count). The van der Waals surface area contributed by atoms with Crippen LogP contribution in [0.2, 0.25) is 10.0 Å². The normalized spacial score (nSPS) is 10.8. The van der Waals surface area contributed by atoms with Crippen molar-refractivity contribution in [2.24, 2.45) is 7.05 Å². The smallest absolute Gasteiger partial charge is 0.234 e. The molecule has 0 atom stereocenters. The monoisotopic (exact) mass is 482 g/mol. The van der Waals surface area contributed by atoms with E-state index in [1.54, 1.807) is 37.1 Å². The van der Waals surface area contributed by atoms with E-state index in [4.69, 9.17) is 27.9 Å². The molecule has 0 unspecified atom stereocenters. The van der Waals surface area contributed by atoms with Gasteiger partial charge < -0.3 is 14.6 Å². The van der Waals surface area contributed by atoms with Gasteiger partial charge in [0.15, 0.2) is 5.16 Å². The van der Waals surface area contributed by atoms with Gasteiger partial charge in [-0.2, -0.15) is 0 Å². The number of aromatic nitrogens is 3. The topological polar surface area (TPSA) is 69.0 Å². The van der Waals surface area contributed by atoms with Gasteiger partial charge in [0.05, 0.1) is 24.3 Å². The van der Waals surface area contributed by atoms with Crippen molar-refractivity contribution < 1.29 is 9.53 Å². The van der Waals surface area contributed by atoms with Gasteiger partial charge in [-0.05, 0) is 29.8 Å². The van der Waals surface area contributed by atoms with E-state index in [9.17, 15) is 4.79 Å². The lowest BCUT2D eigenvalue weighted by molar-refractivity contribution is -0.113. The summed E-state index contributed by atoms with van der Waals surface area (Å²) in [5.41, 5.74) is 1.66. The molecule has 1 amide bonds. The summed E-state index contributed by atoms with van der Waals surface area (Å²) in [6.07, 6.45) is 0. The molecule has 0 saturated heterocycles. The van der Waals surface area contributed by atoms with Crippen molar-refractivity contribution in [1.82, 2.24) is 14.8 Å². The Morgan fingerprint density at radius 3 is 2.73 bits per heavy atom. The van der Waals surface area contributed by atoms with Gasteiger partial charge in [-0.1, -0.05) is 53.2 Å². The number of benzene rings is 2. The third kappa shape index (κ3) is 6.07. The number of methoxy groups -OCH3 is 1. The highest BCUT2D eigenvalue weighted by Crippen LogP contribution is 2.27. The van der Waals surface area contributed by atoms with Gasteiger partial charge in [-0.25, -0.2) is 0 Å². The predicted octanol–water partition coefficient (Wildman–Crippen LogP) is 5.29. The molecule has 0 bridgehead atoms. The highest BCUT2D eigenvalue weighted by molar-refractivity contribution is 7.99. The molecule has 1 aromatic heterocycles. The SMILES string of the molecule is COc1ccccc1NC(=O)CSc1nnc(CSCc2ccc(Cl)cc2Cl)n1C. The molecule has 10 heteroatoms. The van der Waals surface area contributed by atoms with Gasteiger partial charge in [0.25, 0.3) is 0 Å². The van der Waals surface area contributed by atoms with Gasteiger partial charge in [0, 0.05) is 22.8 Å². The maximum absolute atomic E-state index is 12.3. The Hall–Kier alpha value is -1.87. The van der Waals surface area contributed by atoms with E-state index < -0.39 is 0 Å². The summed E-state index contributed by atoms with van der Waals surface area (Å²) >= 11 is 15.2. The van der Waals surface area contributed by atoms with E-state index in [0.29, 0.717) is 32.4 Å². The van der Waals surface area contributed by atoms with Crippen molar-refractivity contribution in [2.45, 2.75) is 16.7 Å². The highest BCUT2D eigenvalue weighted by atomic mass is 35.5. The molecule has 0 aliphatic rings. The summed E-state index contributed by atoms with van der Waals surface area (Å²) in [7, 11) is 3.46. The maximum atomic E-state index is 12.3. The molecule has 0 aliphatic heterocycles. The van der Waals surface area contributed by atoms with Crippen LogP contribution in [0.5, 0.6) is 5.75 Å². The first kappa shape index (κ1) is 22.8. The standard InChI is InChI=1S/C20H20Cl2N4O2S2/c1-26-18(11-29-10-13-7-8-14(21)9-15(13)22)24-25-20(26)30-12-19(27)23-16-5-3-4-6-17(16)28-2/h3-9H,10-12H2,1-2H3,(H,23,27). The summed E-state index contributed by atoms with van der Waals surface area (Å²) in [5.74, 6) is 2.95. The summed E-state index contributed by atoms with van der Waals surface area (Å²) in [4.78, 5) is 12.3. The Bertz CT molecular complexity index is 1030. The zero-order valence-corrected chi connectivity index (χ0v) is 19.5. The third-order valence-corrected chi connectivity index (χ3v) is 6.73. The molecule has 0 spiro atoms. The summed E-state index contributed by atoms with van der Waals surface area (Å²) in [6, 6.07) is 12.8. The minimum Gasteiger partial charge on any atom is -0.495 e. The number of rotatable bonds is 9. The molecule has 6 nitrogen and oxygen atoms in total. The van der Waals surface area contributed by atoms with Crippen LogP contribution in [0, 0.1) is 0 Å². The molecule has 30 heavy (non-hydrogen) atoms. The van der Waals surface area contributed by atoms with Gasteiger partial charge >= 0.3 is 0 Å². The number of halogens is 2. The summed E-state index contributed by atoms with van der Waals surface area (Å²) in [6.45, 7) is 0. The zero-order chi connectivity index (χ0) is 21.5. The summed E-state index contributed by atoms with van der Waals surface area (Å²) < 4.78 is 7.15. The van der Waals surface area contributed by atoms with Crippen molar-refractivity contribution in [3.05, 3.63) is 63.9 Å². The lowest BCUT2D eigenvalue weighted by Gasteiger charge is -2.09. The second-order valence-corrected chi connectivity index (χ2v) is 9.00. The van der Waals surface area contributed by atoms with Crippen molar-refractivity contribution in [1.29, 1.82) is 0 Å². The van der Waals surface area contributed by atoms with E-state index in [2.05, 4.69) is 15.5 Å². The second-order valence-electron chi connectivity index (χ2n) is 6.22. The van der Waals surface area contributed by atoms with Gasteiger partial charge in [0.1, 0.15) is 11.6 Å². The molecule has 0 saturated carbocycles. The lowest BCUT2D eigenvalue weighted by atomic mass is 10.2. The predicted molar refractivity (Wildman–Crippen MR) is 125 cm³/mol. The van der Waals surface area contributed by atoms with Gasteiger partial charge in [-0.15, -0.1) is 22.0 Å². The first-order valence-electron chi connectivity index (χ1n) is 8.93. The quantitative estimate of drug-likeness (QED) is 0.417. The number of hydrogen-bond donors (Lipinski definition) is 1. The molecule has 1 heterocycles. The van der Waals surface area contributed by atoms with Crippen molar-refractivity contribution >= 4 is 58.3 Å². The van der Waals surface area contributed by atoms with E-state index in [1.807, 2.05) is 35.9 Å². The number of anilines is 1. The number of carbonyl (C=O) groups excluding carboxylic acids is 1. The number of hydrogen-bond acceptors (Lipinski definition) is 6. The number of amides is 1. The average Bonchev–Trinajstić information content (AvgIpc) is 3.08. The van der Waals surface area contributed by atoms with Crippen LogP contribution in [-0.2, 0) is 23.3 Å². The molecular formula is C20H20Cl2N4O2S2. The summed E-state index contributed by atoms with van der Waals surface area (Å²) in [5, 5.41) is 13.3. The molecule has 3 aromatic rings. The van der Waals surface area contributed by atoms with Gasteiger partial charge in [-0.3, -0.25) is 4.79 Å². The van der Waals surface area contributed by atoms with Crippen LogP contribution >= 0.6 is 46.7 Å². The fourth-order valence-electron chi connectivity index (χ4n) is 2.55. The average molecular weight is 483 g/mol. The first-order valence-corrected chi connectivity index (χ1v) is 11.8. The van der Waals surface area contributed by atoms with Crippen molar-refractivity contribution in [3.63, 3.8) is 0 Å². The van der Waals surface area contributed by atoms with Crippen LogP contribution < -0.4 is 10.1 Å². The maximum Gasteiger partial charge on any atom is 0.234 e. The molecule has 0 aliphatic carbocycles. The van der Waals surface area contributed by atoms with E-state index in [-0.39, 0.29) is 11.7 Å². The van der Waals surface area contributed by atoms with Crippen LogP contribution in [0.1, 0.15) is 11.4 Å². The van der Waals surface area contributed by atoms with Crippen LogP contribution in [0.15, 0.2) is 47.6 Å². The number of nitrogens with zero attached hydrogens (tertiary/aromatic N) is 3. The Morgan fingerprint density at radius 2 is 1.97 bits per heavy atom. The molecule has 1 N–H and O–H groups in total. The largest absolute Gasteiger partial charge is 0.495 e. The van der Waals surface area contributed by atoms with Crippen LogP contribution in [0.25, 0.3) is 0 Å². The molecule has 0 radical (unpaired) electrons. The number of nitrogens with one attached hydrogen (secondary N) is 1. The van der Waals surface area contributed by atoms with Crippen LogP contribution in [-0.4, -0.2) is 33.5 Å². The minimum atomic E-state index is -0.138. The fourth-order valence-corrected chi connectivity index (χ4v) is 4.84. The molecule has 2 aromatic carbocycles. The first-order chi connectivity index (χ1) is 14.5. The Labute approximate surface area is 193 Å². The Morgan fingerprint density at radius 1 is 1.17 bits per heavy atom. The number of para-hydroxylation sites is 2. The highest BCUT2D eigenvalue weighted by Gasteiger charge is 2.13. The van der Waals surface area contributed by atoms with Crippen LogP contribution in [0.3, 0.4) is 0 Å². The zero-order valence-electron chi connectivity index (χ0n) is 16.4. The fraction of sp³-hybridized carbons (Fsp3) is 0.250. The number of ether oxygens (including phenoxy) is 1. The minimum absolute atomic E-state index is 0.138. The van der Waals surface area contributed by atoms with E-state index in [1.165, 1.54) is 11.8 Å². The third-order valence-electron chi connectivity index (χ3n) is 4.14. The number of carbonyl (C=O) groups is 1. The van der Waals surface area contributed by atoms with E-state index in [0.717, 1.165) is 17.1 Å². The van der Waals surface area contributed by atoms with Crippen molar-refractivity contribution in [2.75, 3.05) is 18.2 Å². The molecule has 158 valence electrons. The van der Waals surface area contributed by atoms with Crippen LogP contribution in [0.4, 0.5) is 5.69 Å². The Kier molecular flexibility index (Phi) is 8.32. The Balaban J connectivity index is 1.50. The van der Waals surface area contributed by atoms with Gasteiger partial charge in [0.2, 0.25) is 5.91 Å². The number of thioether (sulfide) groups is 2. The van der Waals surface area contributed by atoms with Crippen molar-refractivity contribution in [3.8, 4) is 5.75 Å². The van der Waals surface area contributed by atoms with E-state index >= 15 is 0 Å². The second kappa shape index (κ2) is 10.9.